The maximum atomic E-state index is 12.2. The van der Waals surface area contributed by atoms with Gasteiger partial charge in [-0.3, -0.25) is 0 Å². The number of nitrogens with zero attached hydrogens (tertiary/aromatic N) is 2. The van der Waals surface area contributed by atoms with Gasteiger partial charge in [0, 0.05) is 23.5 Å². The number of aromatic nitrogens is 1. The Kier molecular flexibility index (Phi) is 4.45. The van der Waals surface area contributed by atoms with Gasteiger partial charge in [-0.2, -0.15) is 0 Å². The second-order valence-electron chi connectivity index (χ2n) is 7.08. The zero-order chi connectivity index (χ0) is 18.0. The molecule has 0 aliphatic rings. The van der Waals surface area contributed by atoms with E-state index < -0.39 is 5.41 Å². The van der Waals surface area contributed by atoms with Crippen molar-refractivity contribution in [2.24, 2.45) is 17.6 Å². The SMILES string of the molecule is Cn1c(C(=NOC(=O)C(C)(C)C)c2ccccc2)cc2ccccc21. The van der Waals surface area contributed by atoms with Crippen LogP contribution in [0.3, 0.4) is 0 Å². The Bertz CT molecular complexity index is 931. The molecule has 2 aromatic carbocycles. The van der Waals surface area contributed by atoms with Crippen LogP contribution in [0.15, 0.2) is 65.8 Å². The monoisotopic (exact) mass is 334 g/mol. The van der Waals surface area contributed by atoms with Crippen molar-refractivity contribution in [3.05, 3.63) is 71.9 Å². The Balaban J connectivity index is 2.11. The Labute approximate surface area is 147 Å². The summed E-state index contributed by atoms with van der Waals surface area (Å²) in [6.45, 7) is 5.43. The molecule has 1 aromatic heterocycles. The third kappa shape index (κ3) is 3.48. The average molecular weight is 334 g/mol. The summed E-state index contributed by atoms with van der Waals surface area (Å²) in [5, 5.41) is 5.35. The summed E-state index contributed by atoms with van der Waals surface area (Å²) in [5.41, 5.74) is 2.92. The van der Waals surface area contributed by atoms with Crippen molar-refractivity contribution in [2.45, 2.75) is 20.8 Å². The van der Waals surface area contributed by atoms with E-state index in [1.165, 1.54) is 0 Å². The fourth-order valence-electron chi connectivity index (χ4n) is 2.58. The molecule has 0 N–H and O–H groups in total. The molecule has 0 aliphatic heterocycles. The molecule has 0 aliphatic carbocycles. The first-order valence-electron chi connectivity index (χ1n) is 8.27. The lowest BCUT2D eigenvalue weighted by Gasteiger charge is -2.14. The summed E-state index contributed by atoms with van der Waals surface area (Å²) in [6, 6.07) is 19.9. The Morgan fingerprint density at radius 2 is 1.64 bits per heavy atom. The Morgan fingerprint density at radius 1 is 1.00 bits per heavy atom. The van der Waals surface area contributed by atoms with Gasteiger partial charge >= 0.3 is 5.97 Å². The first kappa shape index (κ1) is 17.0. The van der Waals surface area contributed by atoms with Gasteiger partial charge in [-0.15, -0.1) is 0 Å². The van der Waals surface area contributed by atoms with E-state index in [4.69, 9.17) is 4.84 Å². The number of hydrogen-bond donors (Lipinski definition) is 0. The number of benzene rings is 2. The van der Waals surface area contributed by atoms with Gasteiger partial charge in [-0.1, -0.05) is 53.7 Å². The molecule has 0 atom stereocenters. The molecule has 128 valence electrons. The van der Waals surface area contributed by atoms with E-state index in [9.17, 15) is 4.79 Å². The fourth-order valence-corrected chi connectivity index (χ4v) is 2.58. The maximum absolute atomic E-state index is 12.2. The summed E-state index contributed by atoms with van der Waals surface area (Å²) in [4.78, 5) is 17.4. The van der Waals surface area contributed by atoms with Crippen LogP contribution in [0, 0.1) is 5.41 Å². The van der Waals surface area contributed by atoms with Crippen molar-refractivity contribution in [1.82, 2.24) is 4.57 Å². The van der Waals surface area contributed by atoms with Crippen molar-refractivity contribution in [1.29, 1.82) is 0 Å². The van der Waals surface area contributed by atoms with E-state index in [0.717, 1.165) is 22.2 Å². The zero-order valence-corrected chi connectivity index (χ0v) is 15.0. The summed E-state index contributed by atoms with van der Waals surface area (Å²) in [6.07, 6.45) is 0. The molecule has 0 fully saturated rings. The van der Waals surface area contributed by atoms with Gasteiger partial charge in [0.05, 0.1) is 11.1 Å². The number of hydrogen-bond acceptors (Lipinski definition) is 3. The van der Waals surface area contributed by atoms with Gasteiger partial charge in [0.15, 0.2) is 0 Å². The molecule has 0 amide bonds. The molecule has 3 aromatic rings. The standard InChI is InChI=1S/C21H22N2O2/c1-21(2,3)20(24)25-22-19(15-10-6-5-7-11-15)18-14-16-12-8-9-13-17(16)23(18)4/h5-14H,1-4H3. The highest BCUT2D eigenvalue weighted by atomic mass is 16.7. The van der Waals surface area contributed by atoms with Crippen LogP contribution in [0.25, 0.3) is 10.9 Å². The maximum Gasteiger partial charge on any atom is 0.340 e. The largest absolute Gasteiger partial charge is 0.342 e. The number of rotatable bonds is 3. The molecule has 0 unspecified atom stereocenters. The zero-order valence-electron chi connectivity index (χ0n) is 15.0. The lowest BCUT2D eigenvalue weighted by Crippen LogP contribution is -2.22. The van der Waals surface area contributed by atoms with Crippen LogP contribution in [0.2, 0.25) is 0 Å². The predicted molar refractivity (Wildman–Crippen MR) is 101 cm³/mol. The third-order valence-corrected chi connectivity index (χ3v) is 4.07. The van der Waals surface area contributed by atoms with Crippen LogP contribution in [0.4, 0.5) is 0 Å². The molecule has 4 nitrogen and oxygen atoms in total. The number of aryl methyl sites for hydroxylation is 1. The molecular weight excluding hydrogens is 312 g/mol. The molecule has 0 spiro atoms. The van der Waals surface area contributed by atoms with Crippen LogP contribution in [-0.4, -0.2) is 16.2 Å². The molecular formula is C21H22N2O2. The molecule has 0 bridgehead atoms. The number of carbonyl (C=O) groups excluding carboxylic acids is 1. The van der Waals surface area contributed by atoms with Crippen LogP contribution < -0.4 is 0 Å². The quantitative estimate of drug-likeness (QED) is 0.401. The van der Waals surface area contributed by atoms with Crippen LogP contribution in [-0.2, 0) is 16.7 Å². The van der Waals surface area contributed by atoms with Crippen LogP contribution >= 0.6 is 0 Å². The molecule has 0 radical (unpaired) electrons. The highest BCUT2D eigenvalue weighted by molar-refractivity contribution is 6.14. The van der Waals surface area contributed by atoms with Crippen molar-refractivity contribution in [2.75, 3.05) is 0 Å². The van der Waals surface area contributed by atoms with E-state index in [-0.39, 0.29) is 5.97 Å². The lowest BCUT2D eigenvalue weighted by molar-refractivity contribution is -0.152. The number of carbonyl (C=O) groups is 1. The third-order valence-electron chi connectivity index (χ3n) is 4.07. The highest BCUT2D eigenvalue weighted by Crippen LogP contribution is 2.22. The van der Waals surface area contributed by atoms with Gasteiger partial charge in [-0.25, -0.2) is 4.79 Å². The summed E-state index contributed by atoms with van der Waals surface area (Å²) >= 11 is 0. The molecule has 25 heavy (non-hydrogen) atoms. The molecule has 1 heterocycles. The van der Waals surface area contributed by atoms with Gasteiger partial charge in [-0.05, 0) is 32.9 Å². The Hall–Kier alpha value is -2.88. The second-order valence-corrected chi connectivity index (χ2v) is 7.08. The van der Waals surface area contributed by atoms with Gasteiger partial charge < -0.3 is 9.40 Å². The van der Waals surface area contributed by atoms with E-state index in [2.05, 4.69) is 27.9 Å². The van der Waals surface area contributed by atoms with E-state index in [1.807, 2.05) is 70.3 Å². The van der Waals surface area contributed by atoms with E-state index >= 15 is 0 Å². The topological polar surface area (TPSA) is 43.6 Å². The number of fused-ring (bicyclic) bond motifs is 1. The summed E-state index contributed by atoms with van der Waals surface area (Å²) in [5.74, 6) is -0.361. The van der Waals surface area contributed by atoms with Gasteiger partial charge in [0.1, 0.15) is 5.71 Å². The van der Waals surface area contributed by atoms with E-state index in [1.54, 1.807) is 0 Å². The normalized spacial score (nSPS) is 12.4. The molecule has 3 rings (SSSR count). The molecule has 0 saturated carbocycles. The summed E-state index contributed by atoms with van der Waals surface area (Å²) < 4.78 is 2.06. The number of oxime groups is 1. The minimum Gasteiger partial charge on any atom is -0.342 e. The highest BCUT2D eigenvalue weighted by Gasteiger charge is 2.24. The van der Waals surface area contributed by atoms with Gasteiger partial charge in [0.25, 0.3) is 0 Å². The number of para-hydroxylation sites is 1. The molecule has 0 saturated heterocycles. The Morgan fingerprint density at radius 3 is 2.28 bits per heavy atom. The smallest absolute Gasteiger partial charge is 0.340 e. The van der Waals surface area contributed by atoms with Gasteiger partial charge in [0.2, 0.25) is 0 Å². The summed E-state index contributed by atoms with van der Waals surface area (Å²) in [7, 11) is 1.99. The van der Waals surface area contributed by atoms with Crippen molar-refractivity contribution in [3.8, 4) is 0 Å². The second kappa shape index (κ2) is 6.55. The lowest BCUT2D eigenvalue weighted by atomic mass is 9.98. The van der Waals surface area contributed by atoms with Crippen molar-refractivity contribution < 1.29 is 9.63 Å². The predicted octanol–water partition coefficient (Wildman–Crippen LogP) is 4.52. The van der Waals surface area contributed by atoms with E-state index in [0.29, 0.717) is 5.71 Å². The van der Waals surface area contributed by atoms with Crippen LogP contribution in [0.1, 0.15) is 32.0 Å². The fraction of sp³-hybridized carbons (Fsp3) is 0.238. The van der Waals surface area contributed by atoms with Crippen LogP contribution in [0.5, 0.6) is 0 Å². The first-order valence-corrected chi connectivity index (χ1v) is 8.27. The minimum absolute atomic E-state index is 0.361. The van der Waals surface area contributed by atoms with Crippen molar-refractivity contribution >= 4 is 22.6 Å². The average Bonchev–Trinajstić information content (AvgIpc) is 2.92. The minimum atomic E-state index is -0.607. The van der Waals surface area contributed by atoms with Crippen molar-refractivity contribution in [3.63, 3.8) is 0 Å². The first-order chi connectivity index (χ1) is 11.9. The molecule has 4 heteroatoms.